The molecule has 0 radical (unpaired) electrons. The Morgan fingerprint density at radius 1 is 0.708 bits per heavy atom. The molecule has 238 valence electrons. The lowest BCUT2D eigenvalue weighted by Crippen LogP contribution is -2.32. The van der Waals surface area contributed by atoms with Crippen molar-refractivity contribution in [3.05, 3.63) is 161 Å². The molecule has 8 rings (SSSR count). The molecule has 2 aliphatic rings. The van der Waals surface area contributed by atoms with Crippen LogP contribution in [0, 0.1) is 0 Å². The number of para-hydroxylation sites is 2. The summed E-state index contributed by atoms with van der Waals surface area (Å²) < 4.78 is 15.3. The second kappa shape index (κ2) is 12.7. The van der Waals surface area contributed by atoms with Gasteiger partial charge in [0.15, 0.2) is 6.29 Å². The number of hydrogen-bond acceptors (Lipinski definition) is 6. The van der Waals surface area contributed by atoms with E-state index >= 15 is 0 Å². The van der Waals surface area contributed by atoms with Gasteiger partial charge in [0.25, 0.3) is 11.8 Å². The summed E-state index contributed by atoms with van der Waals surface area (Å²) in [6.45, 7) is 0.789. The third-order valence-corrected chi connectivity index (χ3v) is 9.26. The first-order valence-electron chi connectivity index (χ1n) is 16.1. The van der Waals surface area contributed by atoms with Crippen LogP contribution in [0.2, 0.25) is 0 Å². The first-order valence-corrected chi connectivity index (χ1v) is 16.1. The zero-order valence-electron chi connectivity index (χ0n) is 26.1. The smallest absolute Gasteiger partial charge is 0.261 e. The summed E-state index contributed by atoms with van der Waals surface area (Å²) in [5, 5.41) is 9.56. The number of amides is 2. The Balaban J connectivity index is 1.05. The Labute approximate surface area is 277 Å². The molecular formula is C40H33N3O5. The van der Waals surface area contributed by atoms with Gasteiger partial charge < -0.3 is 19.1 Å². The molecule has 1 aromatic heterocycles. The second-order valence-electron chi connectivity index (χ2n) is 12.3. The van der Waals surface area contributed by atoms with E-state index in [4.69, 9.17) is 9.47 Å². The first kappa shape index (κ1) is 30.0. The number of rotatable bonds is 8. The van der Waals surface area contributed by atoms with E-state index in [-0.39, 0.29) is 37.2 Å². The minimum absolute atomic E-state index is 0.0123. The summed E-state index contributed by atoms with van der Waals surface area (Å²) >= 11 is 0. The maximum absolute atomic E-state index is 13.1. The van der Waals surface area contributed by atoms with Crippen LogP contribution in [0.15, 0.2) is 128 Å². The highest BCUT2D eigenvalue weighted by molar-refractivity contribution is 6.21. The zero-order valence-corrected chi connectivity index (χ0v) is 26.1. The molecule has 0 bridgehead atoms. The topological polar surface area (TPSA) is 93.9 Å². The van der Waals surface area contributed by atoms with Crippen LogP contribution < -0.4 is 0 Å². The lowest BCUT2D eigenvalue weighted by Gasteiger charge is -2.36. The zero-order chi connectivity index (χ0) is 32.6. The summed E-state index contributed by atoms with van der Waals surface area (Å²) in [6.07, 6.45) is 1.55. The molecule has 1 saturated heterocycles. The number of fused-ring (bicyclic) bond motifs is 2. The van der Waals surface area contributed by atoms with E-state index in [2.05, 4.69) is 15.6 Å². The molecule has 8 nitrogen and oxygen atoms in total. The third kappa shape index (κ3) is 5.60. The number of aliphatic hydroxyl groups is 1. The van der Waals surface area contributed by atoms with Crippen LogP contribution >= 0.6 is 0 Å². The number of nitrogens with zero attached hydrogens (tertiary/aromatic N) is 3. The number of hydrogen-bond donors (Lipinski definition) is 1. The number of imide groups is 1. The van der Waals surface area contributed by atoms with Crippen molar-refractivity contribution in [1.82, 2.24) is 14.5 Å². The summed E-state index contributed by atoms with van der Waals surface area (Å²) in [7, 11) is 0. The van der Waals surface area contributed by atoms with E-state index in [9.17, 15) is 14.7 Å². The SMILES string of the molecule is O=C1c2ccccc2C(=O)N1Cc1ccccc1-c1ccc(C2OC(Cn3cnc4ccccc43)CC(c3ccc(CO)cc3)O2)cc1. The summed E-state index contributed by atoms with van der Waals surface area (Å²) in [5.74, 6) is -0.544. The maximum Gasteiger partial charge on any atom is 0.261 e. The largest absolute Gasteiger partial charge is 0.392 e. The van der Waals surface area contributed by atoms with Crippen LogP contribution in [-0.2, 0) is 29.2 Å². The van der Waals surface area contributed by atoms with E-state index in [0.29, 0.717) is 24.1 Å². The van der Waals surface area contributed by atoms with Crippen LogP contribution in [0.4, 0.5) is 0 Å². The van der Waals surface area contributed by atoms with Gasteiger partial charge in [0.2, 0.25) is 0 Å². The molecular weight excluding hydrogens is 602 g/mol. The van der Waals surface area contributed by atoms with Crippen molar-refractivity contribution in [1.29, 1.82) is 0 Å². The van der Waals surface area contributed by atoms with E-state index in [1.807, 2.05) is 97.3 Å². The molecule has 0 saturated carbocycles. The molecule has 2 aliphatic heterocycles. The summed E-state index contributed by atoms with van der Waals surface area (Å²) in [5.41, 5.74) is 8.42. The fourth-order valence-electron chi connectivity index (χ4n) is 6.72. The van der Waals surface area contributed by atoms with Crippen molar-refractivity contribution < 1.29 is 24.2 Å². The standard InChI is InChI=1S/C40H33N3O5/c44-24-26-13-15-28(16-14-26)37-21-31(23-42-25-41-35-11-5-6-12-36(35)42)47-40(48-37)29-19-17-27(18-20-29)32-8-2-1-7-30(32)22-43-38(45)33-9-3-4-10-34(33)39(43)46/h1-20,25,31,37,40,44H,21-24H2. The molecule has 2 amide bonds. The molecule has 5 aromatic carbocycles. The van der Waals surface area contributed by atoms with Gasteiger partial charge in [-0.15, -0.1) is 0 Å². The number of aliphatic hydroxyl groups excluding tert-OH is 1. The van der Waals surface area contributed by atoms with Crippen molar-refractivity contribution in [2.75, 3.05) is 0 Å². The fourth-order valence-corrected chi connectivity index (χ4v) is 6.72. The highest BCUT2D eigenvalue weighted by Gasteiger charge is 2.36. The Morgan fingerprint density at radius 3 is 2.08 bits per heavy atom. The Hall–Kier alpha value is -5.41. The third-order valence-electron chi connectivity index (χ3n) is 9.26. The second-order valence-corrected chi connectivity index (χ2v) is 12.3. The lowest BCUT2D eigenvalue weighted by molar-refractivity contribution is -0.252. The monoisotopic (exact) mass is 635 g/mol. The first-order chi connectivity index (χ1) is 23.6. The predicted molar refractivity (Wildman–Crippen MR) is 181 cm³/mol. The molecule has 6 aromatic rings. The van der Waals surface area contributed by atoms with E-state index in [0.717, 1.165) is 44.4 Å². The molecule has 1 fully saturated rings. The van der Waals surface area contributed by atoms with Crippen molar-refractivity contribution in [2.45, 2.75) is 44.6 Å². The van der Waals surface area contributed by atoms with E-state index in [1.54, 1.807) is 24.3 Å². The number of carbonyl (C=O) groups excluding carboxylic acids is 2. The molecule has 3 heterocycles. The Morgan fingerprint density at radius 2 is 1.35 bits per heavy atom. The number of benzene rings is 5. The normalized spacial score (nSPS) is 19.2. The van der Waals surface area contributed by atoms with Gasteiger partial charge in [-0.2, -0.15) is 0 Å². The van der Waals surface area contributed by atoms with E-state index < -0.39 is 6.29 Å². The van der Waals surface area contributed by atoms with Gasteiger partial charge in [-0.3, -0.25) is 14.5 Å². The number of carbonyl (C=O) groups is 2. The van der Waals surface area contributed by atoms with Crippen molar-refractivity contribution in [3.63, 3.8) is 0 Å². The maximum atomic E-state index is 13.1. The Kier molecular flexibility index (Phi) is 7.90. The van der Waals surface area contributed by atoms with Crippen molar-refractivity contribution in [3.8, 4) is 11.1 Å². The van der Waals surface area contributed by atoms with Gasteiger partial charge in [-0.05, 0) is 52.1 Å². The van der Waals surface area contributed by atoms with Gasteiger partial charge >= 0.3 is 0 Å². The summed E-state index contributed by atoms with van der Waals surface area (Å²) in [6, 6.07) is 38.8. The van der Waals surface area contributed by atoms with Gasteiger partial charge in [0.05, 0.1) is 60.4 Å². The number of ether oxygens (including phenoxy) is 2. The van der Waals surface area contributed by atoms with Gasteiger partial charge in [-0.25, -0.2) is 4.98 Å². The van der Waals surface area contributed by atoms with Gasteiger partial charge in [-0.1, -0.05) is 97.1 Å². The highest BCUT2D eigenvalue weighted by Crippen LogP contribution is 2.39. The number of imidazole rings is 1. The van der Waals surface area contributed by atoms with Crippen LogP contribution in [0.3, 0.4) is 0 Å². The van der Waals surface area contributed by atoms with Crippen LogP contribution in [0.1, 0.15) is 61.8 Å². The minimum atomic E-state index is -0.608. The molecule has 8 heteroatoms. The van der Waals surface area contributed by atoms with E-state index in [1.165, 1.54) is 4.90 Å². The van der Waals surface area contributed by atoms with Gasteiger partial charge in [0, 0.05) is 12.0 Å². The molecule has 3 atom stereocenters. The molecule has 48 heavy (non-hydrogen) atoms. The van der Waals surface area contributed by atoms with Crippen LogP contribution in [0.25, 0.3) is 22.2 Å². The quantitative estimate of drug-likeness (QED) is 0.177. The predicted octanol–water partition coefficient (Wildman–Crippen LogP) is 7.24. The molecule has 0 aliphatic carbocycles. The molecule has 0 spiro atoms. The number of aromatic nitrogens is 2. The fraction of sp³-hybridized carbons (Fsp3) is 0.175. The van der Waals surface area contributed by atoms with Crippen LogP contribution in [0.5, 0.6) is 0 Å². The van der Waals surface area contributed by atoms with Crippen molar-refractivity contribution >= 4 is 22.8 Å². The minimum Gasteiger partial charge on any atom is -0.392 e. The van der Waals surface area contributed by atoms with Gasteiger partial charge in [0.1, 0.15) is 0 Å². The van der Waals surface area contributed by atoms with Crippen LogP contribution in [-0.4, -0.2) is 37.5 Å². The van der Waals surface area contributed by atoms with Crippen molar-refractivity contribution in [2.24, 2.45) is 0 Å². The molecule has 3 unspecified atom stereocenters. The average Bonchev–Trinajstić information content (AvgIpc) is 3.66. The highest BCUT2D eigenvalue weighted by atomic mass is 16.7. The average molecular weight is 636 g/mol. The summed E-state index contributed by atoms with van der Waals surface area (Å²) in [4.78, 5) is 32.1. The molecule has 1 N–H and O–H groups in total. The Bertz CT molecular complexity index is 2090. The lowest BCUT2D eigenvalue weighted by atomic mass is 9.97.